The van der Waals surface area contributed by atoms with Crippen LogP contribution in [0.25, 0.3) is 0 Å². The summed E-state index contributed by atoms with van der Waals surface area (Å²) in [6.07, 6.45) is 6.14. The zero-order valence-corrected chi connectivity index (χ0v) is 11.7. The van der Waals surface area contributed by atoms with Gasteiger partial charge >= 0.3 is 0 Å². The molecule has 0 spiro atoms. The predicted octanol–water partition coefficient (Wildman–Crippen LogP) is 3.91. The molecule has 2 nitrogen and oxygen atoms in total. The van der Waals surface area contributed by atoms with E-state index < -0.39 is 0 Å². The third-order valence-corrected chi connectivity index (χ3v) is 2.68. The number of carbonyl (C=O) groups excluding carboxylic acids is 1. The van der Waals surface area contributed by atoms with Gasteiger partial charge in [0.25, 0.3) is 0 Å². The first-order chi connectivity index (χ1) is 7.75. The molecule has 0 atom stereocenters. The molecule has 0 fully saturated rings. The second-order valence-corrected chi connectivity index (χ2v) is 4.59. The topological polar surface area (TPSA) is 43.1 Å². The van der Waals surface area contributed by atoms with Gasteiger partial charge in [-0.1, -0.05) is 23.8 Å². The molecule has 17 heavy (non-hydrogen) atoms. The number of amides is 1. The Bertz CT molecular complexity index is 422. The van der Waals surface area contributed by atoms with Crippen LogP contribution in [0.1, 0.15) is 43.0 Å². The van der Waals surface area contributed by atoms with Crippen LogP contribution in [0, 0.1) is 0 Å². The van der Waals surface area contributed by atoms with Gasteiger partial charge in [0.1, 0.15) is 0 Å². The number of allylic oxidation sites excluding steroid dienone is 7. The summed E-state index contributed by atoms with van der Waals surface area (Å²) in [7, 11) is 0. The monoisotopic (exact) mass is 235 g/mol. The standard InChI is InChI=1S/C15H23NO.H2/c1-10(2)7-8-11(3)12(4)9-13(5)14(6)15(16)17;/h7-9H,1-6H3,(H2,16,17);1H/b11-8+,12-9+,14-13+;. The largest absolute Gasteiger partial charge is 0.366 e. The maximum atomic E-state index is 11.0. The van der Waals surface area contributed by atoms with Crippen LogP contribution in [0.3, 0.4) is 0 Å². The van der Waals surface area contributed by atoms with Crippen molar-refractivity contribution in [1.82, 2.24) is 0 Å². The highest BCUT2D eigenvalue weighted by Crippen LogP contribution is 2.14. The molecule has 0 heterocycles. The Balaban J connectivity index is 0. The minimum absolute atomic E-state index is 0. The number of hydrogen-bond donors (Lipinski definition) is 1. The fraction of sp³-hybridized carbons (Fsp3) is 0.400. The Hall–Kier alpha value is -1.57. The third-order valence-electron chi connectivity index (χ3n) is 2.68. The lowest BCUT2D eigenvalue weighted by atomic mass is 10.0. The lowest BCUT2D eigenvalue weighted by Gasteiger charge is -2.04. The first-order valence-corrected chi connectivity index (χ1v) is 5.73. The van der Waals surface area contributed by atoms with Gasteiger partial charge in [-0.2, -0.15) is 0 Å². The molecule has 1 amide bonds. The summed E-state index contributed by atoms with van der Waals surface area (Å²) in [6, 6.07) is 0. The fourth-order valence-electron chi connectivity index (χ4n) is 1.16. The smallest absolute Gasteiger partial charge is 0.244 e. The third kappa shape index (κ3) is 5.91. The van der Waals surface area contributed by atoms with Crippen molar-refractivity contribution >= 4 is 5.91 Å². The van der Waals surface area contributed by atoms with Crippen molar-refractivity contribution in [3.63, 3.8) is 0 Å². The Kier molecular flexibility index (Phi) is 6.26. The minimum atomic E-state index is -0.363. The van der Waals surface area contributed by atoms with E-state index in [0.717, 1.165) is 11.1 Å². The lowest BCUT2D eigenvalue weighted by molar-refractivity contribution is -0.114. The van der Waals surface area contributed by atoms with Crippen LogP contribution in [0.5, 0.6) is 0 Å². The van der Waals surface area contributed by atoms with Gasteiger partial charge < -0.3 is 5.73 Å². The summed E-state index contributed by atoms with van der Waals surface area (Å²) in [6.45, 7) is 11.9. The van der Waals surface area contributed by atoms with Crippen molar-refractivity contribution < 1.29 is 6.22 Å². The average Bonchev–Trinajstić information content (AvgIpc) is 2.24. The summed E-state index contributed by atoms with van der Waals surface area (Å²) < 4.78 is 0. The maximum absolute atomic E-state index is 11.0. The minimum Gasteiger partial charge on any atom is -0.366 e. The van der Waals surface area contributed by atoms with E-state index in [4.69, 9.17) is 5.73 Å². The van der Waals surface area contributed by atoms with Crippen LogP contribution in [0.4, 0.5) is 0 Å². The first kappa shape index (κ1) is 15.4. The zero-order chi connectivity index (χ0) is 13.6. The van der Waals surface area contributed by atoms with Crippen LogP contribution in [0.15, 0.2) is 46.1 Å². The highest BCUT2D eigenvalue weighted by atomic mass is 16.1. The van der Waals surface area contributed by atoms with Gasteiger partial charge in [0, 0.05) is 7.00 Å². The molecule has 0 bridgehead atoms. The van der Waals surface area contributed by atoms with Gasteiger partial charge in [0.2, 0.25) is 5.91 Å². The predicted molar refractivity (Wildman–Crippen MR) is 76.6 cm³/mol. The van der Waals surface area contributed by atoms with Crippen LogP contribution >= 0.6 is 0 Å². The van der Waals surface area contributed by atoms with Crippen molar-refractivity contribution in [3.8, 4) is 0 Å². The number of carbonyl (C=O) groups is 1. The molecule has 0 aromatic heterocycles. The fourth-order valence-corrected chi connectivity index (χ4v) is 1.16. The number of rotatable bonds is 4. The SMILES string of the molecule is CC(C)=C/C=C(C)/C(C)=C/C(C)=C(\C)C(N)=O.[HH]. The Labute approximate surface area is 106 Å². The molecule has 0 saturated carbocycles. The lowest BCUT2D eigenvalue weighted by Crippen LogP contribution is -2.12. The van der Waals surface area contributed by atoms with E-state index in [0.29, 0.717) is 5.57 Å². The van der Waals surface area contributed by atoms with Gasteiger partial charge in [0.15, 0.2) is 0 Å². The van der Waals surface area contributed by atoms with E-state index in [1.54, 1.807) is 6.92 Å². The average molecular weight is 235 g/mol. The van der Waals surface area contributed by atoms with Gasteiger partial charge in [-0.05, 0) is 58.3 Å². The molecule has 0 aliphatic carbocycles. The molecule has 0 rings (SSSR count). The molecule has 0 aromatic rings. The van der Waals surface area contributed by atoms with Crippen molar-refractivity contribution in [2.45, 2.75) is 41.5 Å². The summed E-state index contributed by atoms with van der Waals surface area (Å²) in [5, 5.41) is 0. The summed E-state index contributed by atoms with van der Waals surface area (Å²) >= 11 is 0. The number of nitrogens with two attached hydrogens (primary N) is 1. The number of hydrogen-bond acceptors (Lipinski definition) is 1. The highest BCUT2D eigenvalue weighted by molar-refractivity contribution is 5.92. The quantitative estimate of drug-likeness (QED) is 0.582. The van der Waals surface area contributed by atoms with E-state index in [1.807, 2.05) is 19.9 Å². The Morgan fingerprint density at radius 2 is 1.47 bits per heavy atom. The summed E-state index contributed by atoms with van der Waals surface area (Å²) in [5.74, 6) is -0.363. The van der Waals surface area contributed by atoms with E-state index in [1.165, 1.54) is 11.1 Å². The normalized spacial score (nSPS) is 14.2. The zero-order valence-electron chi connectivity index (χ0n) is 11.7. The summed E-state index contributed by atoms with van der Waals surface area (Å²) in [4.78, 5) is 11.0. The molecule has 0 saturated heterocycles. The summed E-state index contributed by atoms with van der Waals surface area (Å²) in [5.41, 5.74) is 10.3. The van der Waals surface area contributed by atoms with E-state index in [-0.39, 0.29) is 7.33 Å². The van der Waals surface area contributed by atoms with Gasteiger partial charge in [-0.25, -0.2) is 0 Å². The second-order valence-electron chi connectivity index (χ2n) is 4.59. The first-order valence-electron chi connectivity index (χ1n) is 5.73. The van der Waals surface area contributed by atoms with Gasteiger partial charge in [-0.3, -0.25) is 4.79 Å². The van der Waals surface area contributed by atoms with Crippen molar-refractivity contribution in [3.05, 3.63) is 46.1 Å². The van der Waals surface area contributed by atoms with Gasteiger partial charge in [0.05, 0.1) is 0 Å². The molecular weight excluding hydrogens is 210 g/mol. The van der Waals surface area contributed by atoms with E-state index in [9.17, 15) is 4.79 Å². The Morgan fingerprint density at radius 3 is 1.88 bits per heavy atom. The molecule has 96 valence electrons. The molecule has 2 heteroatoms. The van der Waals surface area contributed by atoms with Gasteiger partial charge in [-0.15, -0.1) is 0 Å². The molecule has 0 aliphatic heterocycles. The van der Waals surface area contributed by atoms with Crippen molar-refractivity contribution in [1.29, 1.82) is 0 Å². The van der Waals surface area contributed by atoms with E-state index in [2.05, 4.69) is 32.9 Å². The Morgan fingerprint density at radius 1 is 0.941 bits per heavy atom. The van der Waals surface area contributed by atoms with Crippen LogP contribution in [-0.4, -0.2) is 5.91 Å². The van der Waals surface area contributed by atoms with Crippen LogP contribution < -0.4 is 5.73 Å². The molecule has 0 radical (unpaired) electrons. The molecular formula is C15H25NO. The molecule has 0 aromatic carbocycles. The highest BCUT2D eigenvalue weighted by Gasteiger charge is 2.01. The van der Waals surface area contributed by atoms with Crippen LogP contribution in [0.2, 0.25) is 0 Å². The number of primary amides is 1. The second kappa shape index (κ2) is 6.89. The molecule has 0 aliphatic rings. The maximum Gasteiger partial charge on any atom is 0.244 e. The van der Waals surface area contributed by atoms with Crippen LogP contribution in [-0.2, 0) is 4.79 Å². The van der Waals surface area contributed by atoms with Crippen molar-refractivity contribution in [2.24, 2.45) is 5.73 Å². The molecule has 0 unspecified atom stereocenters. The van der Waals surface area contributed by atoms with E-state index >= 15 is 0 Å². The molecule has 2 N–H and O–H groups in total. The van der Waals surface area contributed by atoms with Crippen molar-refractivity contribution in [2.75, 3.05) is 0 Å².